The molecule has 0 aromatic heterocycles. The van der Waals surface area contributed by atoms with Crippen LogP contribution in [0.5, 0.6) is 0 Å². The summed E-state index contributed by atoms with van der Waals surface area (Å²) >= 11 is 0. The second-order valence-electron chi connectivity index (χ2n) is 5.13. The lowest BCUT2D eigenvalue weighted by Crippen LogP contribution is -2.25. The molecular formula is C13H15F3N2. The maximum Gasteiger partial charge on any atom is 0.416 e. The number of anilines is 1. The molecule has 18 heavy (non-hydrogen) atoms. The van der Waals surface area contributed by atoms with Crippen molar-refractivity contribution in [1.82, 2.24) is 5.32 Å². The van der Waals surface area contributed by atoms with Gasteiger partial charge in [-0.3, -0.25) is 0 Å². The van der Waals surface area contributed by atoms with E-state index >= 15 is 0 Å². The van der Waals surface area contributed by atoms with Gasteiger partial charge in [-0.2, -0.15) is 13.2 Å². The predicted octanol–water partition coefficient (Wildman–Crippen LogP) is 2.36. The van der Waals surface area contributed by atoms with Crippen LogP contribution in [0, 0.1) is 11.8 Å². The Bertz CT molecular complexity index is 415. The number of hydrogen-bond acceptors (Lipinski definition) is 2. The van der Waals surface area contributed by atoms with Crippen LogP contribution in [0.2, 0.25) is 0 Å². The van der Waals surface area contributed by atoms with Crippen molar-refractivity contribution < 1.29 is 13.2 Å². The van der Waals surface area contributed by atoms with Gasteiger partial charge in [0.1, 0.15) is 0 Å². The lowest BCUT2D eigenvalue weighted by atomic mass is 10.0. The zero-order valence-electron chi connectivity index (χ0n) is 9.87. The molecule has 0 unspecified atom stereocenters. The van der Waals surface area contributed by atoms with E-state index in [0.717, 1.165) is 31.9 Å². The average Bonchev–Trinajstić information content (AvgIpc) is 2.88. The normalized spacial score (nSPS) is 27.6. The first-order chi connectivity index (χ1) is 8.54. The van der Waals surface area contributed by atoms with E-state index < -0.39 is 11.7 Å². The minimum atomic E-state index is -4.25. The van der Waals surface area contributed by atoms with E-state index in [1.165, 1.54) is 12.1 Å². The van der Waals surface area contributed by atoms with Gasteiger partial charge in [-0.15, -0.1) is 0 Å². The summed E-state index contributed by atoms with van der Waals surface area (Å²) in [4.78, 5) is 2.19. The second-order valence-corrected chi connectivity index (χ2v) is 5.13. The molecule has 0 bridgehead atoms. The van der Waals surface area contributed by atoms with Crippen LogP contribution in [0.25, 0.3) is 0 Å². The van der Waals surface area contributed by atoms with Gasteiger partial charge < -0.3 is 10.2 Å². The Morgan fingerprint density at radius 3 is 2.06 bits per heavy atom. The van der Waals surface area contributed by atoms with E-state index in [4.69, 9.17) is 0 Å². The molecule has 98 valence electrons. The SMILES string of the molecule is FC(F)(F)c1ccc(N2C[C@H]3CNC[C@H]3C2)cc1. The van der Waals surface area contributed by atoms with Crippen LogP contribution in [-0.4, -0.2) is 26.2 Å². The topological polar surface area (TPSA) is 15.3 Å². The molecule has 2 fully saturated rings. The Labute approximate surface area is 104 Å². The summed E-state index contributed by atoms with van der Waals surface area (Å²) in [5, 5.41) is 3.35. The third-order valence-corrected chi connectivity index (χ3v) is 3.95. The van der Waals surface area contributed by atoms with Crippen molar-refractivity contribution in [3.8, 4) is 0 Å². The quantitative estimate of drug-likeness (QED) is 0.829. The molecule has 0 saturated carbocycles. The summed E-state index contributed by atoms with van der Waals surface area (Å²) in [6, 6.07) is 5.50. The fourth-order valence-corrected chi connectivity index (χ4v) is 2.93. The van der Waals surface area contributed by atoms with Crippen LogP contribution in [-0.2, 0) is 6.18 Å². The van der Waals surface area contributed by atoms with Crippen molar-refractivity contribution in [2.45, 2.75) is 6.18 Å². The zero-order valence-corrected chi connectivity index (χ0v) is 9.87. The fraction of sp³-hybridized carbons (Fsp3) is 0.538. The lowest BCUT2D eigenvalue weighted by molar-refractivity contribution is -0.137. The van der Waals surface area contributed by atoms with Crippen molar-refractivity contribution in [3.63, 3.8) is 0 Å². The van der Waals surface area contributed by atoms with Gasteiger partial charge in [0, 0.05) is 31.9 Å². The summed E-state index contributed by atoms with van der Waals surface area (Å²) in [6.07, 6.45) is -4.25. The van der Waals surface area contributed by atoms with Gasteiger partial charge in [0.05, 0.1) is 5.56 Å². The summed E-state index contributed by atoms with van der Waals surface area (Å²) in [5.74, 6) is 1.29. The smallest absolute Gasteiger partial charge is 0.371 e. The number of nitrogens with one attached hydrogen (secondary N) is 1. The van der Waals surface area contributed by atoms with Gasteiger partial charge in [0.15, 0.2) is 0 Å². The third kappa shape index (κ3) is 2.07. The first kappa shape index (κ1) is 11.8. The van der Waals surface area contributed by atoms with E-state index in [0.29, 0.717) is 11.8 Å². The third-order valence-electron chi connectivity index (χ3n) is 3.95. The number of rotatable bonds is 1. The number of alkyl halides is 3. The molecule has 2 aliphatic rings. The first-order valence-electron chi connectivity index (χ1n) is 6.17. The first-order valence-corrected chi connectivity index (χ1v) is 6.17. The highest BCUT2D eigenvalue weighted by Gasteiger charge is 2.36. The zero-order chi connectivity index (χ0) is 12.8. The molecule has 0 spiro atoms. The number of fused-ring (bicyclic) bond motifs is 1. The van der Waals surface area contributed by atoms with E-state index in [9.17, 15) is 13.2 Å². The van der Waals surface area contributed by atoms with Gasteiger partial charge in [-0.05, 0) is 36.1 Å². The van der Waals surface area contributed by atoms with E-state index in [2.05, 4.69) is 10.2 Å². The van der Waals surface area contributed by atoms with Crippen molar-refractivity contribution >= 4 is 5.69 Å². The highest BCUT2D eigenvalue weighted by molar-refractivity contribution is 5.49. The van der Waals surface area contributed by atoms with Crippen LogP contribution < -0.4 is 10.2 Å². The molecule has 0 aliphatic carbocycles. The highest BCUT2D eigenvalue weighted by Crippen LogP contribution is 2.33. The summed E-state index contributed by atoms with van der Waals surface area (Å²) in [6.45, 7) is 3.95. The van der Waals surface area contributed by atoms with Crippen LogP contribution in [0.15, 0.2) is 24.3 Å². The largest absolute Gasteiger partial charge is 0.416 e. The Morgan fingerprint density at radius 1 is 1.00 bits per heavy atom. The van der Waals surface area contributed by atoms with E-state index in [-0.39, 0.29) is 0 Å². The predicted molar refractivity (Wildman–Crippen MR) is 63.5 cm³/mol. The number of benzene rings is 1. The molecule has 2 heterocycles. The van der Waals surface area contributed by atoms with Gasteiger partial charge in [0.25, 0.3) is 0 Å². The maximum absolute atomic E-state index is 12.5. The molecule has 0 radical (unpaired) electrons. The van der Waals surface area contributed by atoms with Gasteiger partial charge in [0.2, 0.25) is 0 Å². The van der Waals surface area contributed by atoms with Crippen LogP contribution in [0.1, 0.15) is 5.56 Å². The number of nitrogens with zero attached hydrogens (tertiary/aromatic N) is 1. The molecular weight excluding hydrogens is 241 g/mol. The minimum Gasteiger partial charge on any atom is -0.371 e. The van der Waals surface area contributed by atoms with Crippen LogP contribution in [0.3, 0.4) is 0 Å². The standard InChI is InChI=1S/C13H15F3N2/c14-13(15,16)11-1-3-12(4-2-11)18-7-9-5-17-6-10(9)8-18/h1-4,9-10,17H,5-8H2/t9-,10+. The molecule has 2 atom stereocenters. The highest BCUT2D eigenvalue weighted by atomic mass is 19.4. The summed E-state index contributed by atoms with van der Waals surface area (Å²) in [5.41, 5.74) is 0.324. The van der Waals surface area contributed by atoms with Gasteiger partial charge >= 0.3 is 6.18 Å². The molecule has 2 aliphatic heterocycles. The van der Waals surface area contributed by atoms with Crippen molar-refractivity contribution in [2.24, 2.45) is 11.8 Å². The van der Waals surface area contributed by atoms with Crippen LogP contribution in [0.4, 0.5) is 18.9 Å². The molecule has 1 aromatic carbocycles. The van der Waals surface area contributed by atoms with Crippen molar-refractivity contribution in [1.29, 1.82) is 0 Å². The van der Waals surface area contributed by atoms with Crippen molar-refractivity contribution in [2.75, 3.05) is 31.1 Å². The molecule has 2 nitrogen and oxygen atoms in total. The molecule has 0 amide bonds. The minimum absolute atomic E-state index is 0.577. The Hall–Kier alpha value is -1.23. The Kier molecular flexibility index (Phi) is 2.73. The van der Waals surface area contributed by atoms with Gasteiger partial charge in [-0.1, -0.05) is 0 Å². The second kappa shape index (κ2) is 4.16. The monoisotopic (exact) mass is 256 g/mol. The van der Waals surface area contributed by atoms with Crippen LogP contribution >= 0.6 is 0 Å². The molecule has 5 heteroatoms. The molecule has 1 aromatic rings. The lowest BCUT2D eigenvalue weighted by Gasteiger charge is -2.20. The average molecular weight is 256 g/mol. The van der Waals surface area contributed by atoms with E-state index in [1.807, 2.05) is 0 Å². The Morgan fingerprint density at radius 2 is 1.56 bits per heavy atom. The maximum atomic E-state index is 12.5. The Balaban J connectivity index is 1.74. The molecule has 2 saturated heterocycles. The summed E-state index contributed by atoms with van der Waals surface area (Å²) < 4.78 is 37.4. The summed E-state index contributed by atoms with van der Waals surface area (Å²) in [7, 11) is 0. The van der Waals surface area contributed by atoms with Gasteiger partial charge in [-0.25, -0.2) is 0 Å². The number of halogens is 3. The molecule has 3 rings (SSSR count). The van der Waals surface area contributed by atoms with E-state index in [1.54, 1.807) is 12.1 Å². The number of hydrogen-bond donors (Lipinski definition) is 1. The fourth-order valence-electron chi connectivity index (χ4n) is 2.93. The molecule has 1 N–H and O–H groups in total. The van der Waals surface area contributed by atoms with Crippen molar-refractivity contribution in [3.05, 3.63) is 29.8 Å².